The molecule has 0 fully saturated rings. The summed E-state index contributed by atoms with van der Waals surface area (Å²) in [5.41, 5.74) is 2.94. The normalized spacial score (nSPS) is 16.7. The van der Waals surface area contributed by atoms with Crippen molar-refractivity contribution in [3.05, 3.63) is 92.1 Å². The summed E-state index contributed by atoms with van der Waals surface area (Å²) in [5, 5.41) is 5.12. The van der Waals surface area contributed by atoms with Crippen molar-refractivity contribution in [2.75, 3.05) is 9.62 Å². The summed E-state index contributed by atoms with van der Waals surface area (Å²) >= 11 is 7.21. The summed E-state index contributed by atoms with van der Waals surface area (Å²) in [6.07, 6.45) is 1.24. The molecule has 4 rings (SSSR count). The van der Waals surface area contributed by atoms with E-state index >= 15 is 0 Å². The zero-order valence-corrected chi connectivity index (χ0v) is 17.8. The predicted octanol–water partition coefficient (Wildman–Crippen LogP) is 5.20. The number of thiophene rings is 1. The molecule has 2 heterocycles. The number of Topliss-reactive ketones (excluding diaryl/α,β-unsaturated/α-hetero) is 1. The lowest BCUT2D eigenvalue weighted by molar-refractivity contribution is 0.104. The van der Waals surface area contributed by atoms with E-state index in [1.165, 1.54) is 21.8 Å². The van der Waals surface area contributed by atoms with Gasteiger partial charge < -0.3 is 5.32 Å². The van der Waals surface area contributed by atoms with Gasteiger partial charge in [-0.2, -0.15) is 0 Å². The summed E-state index contributed by atoms with van der Waals surface area (Å²) in [6.45, 7) is 2.12. The van der Waals surface area contributed by atoms with Gasteiger partial charge in [0.05, 0.1) is 12.2 Å². The molecule has 29 heavy (non-hydrogen) atoms. The Kier molecular flexibility index (Phi) is 5.21. The SMILES string of the molecule is Cc1ccc(CN2c3ccsc3C(=O)C(=CNc3cccc(Cl)c3)S2(=O)=O)cc1. The van der Waals surface area contributed by atoms with Gasteiger partial charge in [0.15, 0.2) is 4.91 Å². The van der Waals surface area contributed by atoms with E-state index in [-0.39, 0.29) is 11.4 Å². The quantitative estimate of drug-likeness (QED) is 0.562. The number of hydrogen-bond acceptors (Lipinski definition) is 5. The van der Waals surface area contributed by atoms with Gasteiger partial charge >= 0.3 is 0 Å². The number of nitrogens with zero attached hydrogens (tertiary/aromatic N) is 1. The second-order valence-corrected chi connectivity index (χ2v) is 9.81. The van der Waals surface area contributed by atoms with Crippen LogP contribution in [-0.2, 0) is 16.6 Å². The molecule has 0 spiro atoms. The number of fused-ring (bicyclic) bond motifs is 1. The van der Waals surface area contributed by atoms with Gasteiger partial charge in [0.2, 0.25) is 5.78 Å². The molecular formula is C21H17ClN2O3S2. The zero-order valence-electron chi connectivity index (χ0n) is 15.4. The van der Waals surface area contributed by atoms with Gasteiger partial charge in [-0.05, 0) is 42.1 Å². The van der Waals surface area contributed by atoms with Crippen molar-refractivity contribution < 1.29 is 13.2 Å². The van der Waals surface area contributed by atoms with Gasteiger partial charge in [0.25, 0.3) is 10.0 Å². The Hall–Kier alpha value is -2.61. The van der Waals surface area contributed by atoms with E-state index < -0.39 is 15.8 Å². The van der Waals surface area contributed by atoms with E-state index in [1.54, 1.807) is 35.7 Å². The van der Waals surface area contributed by atoms with Gasteiger partial charge in [-0.1, -0.05) is 47.5 Å². The highest BCUT2D eigenvalue weighted by molar-refractivity contribution is 7.97. The van der Waals surface area contributed by atoms with Crippen LogP contribution in [0.5, 0.6) is 0 Å². The Morgan fingerprint density at radius 1 is 1.14 bits per heavy atom. The largest absolute Gasteiger partial charge is 0.360 e. The molecular weight excluding hydrogens is 428 g/mol. The Morgan fingerprint density at radius 2 is 1.90 bits per heavy atom. The first-order valence-electron chi connectivity index (χ1n) is 8.79. The van der Waals surface area contributed by atoms with Gasteiger partial charge in [-0.25, -0.2) is 8.42 Å². The zero-order chi connectivity index (χ0) is 20.6. The number of allylic oxidation sites excluding steroid dienone is 1. The maximum absolute atomic E-state index is 13.3. The van der Waals surface area contributed by atoms with Crippen LogP contribution in [0.4, 0.5) is 11.4 Å². The number of aryl methyl sites for hydroxylation is 1. The lowest BCUT2D eigenvalue weighted by Gasteiger charge is -2.29. The van der Waals surface area contributed by atoms with Crippen molar-refractivity contribution in [3.8, 4) is 0 Å². The van der Waals surface area contributed by atoms with E-state index in [0.717, 1.165) is 11.1 Å². The predicted molar refractivity (Wildman–Crippen MR) is 118 cm³/mol. The first kappa shape index (κ1) is 19.7. The number of hydrogen-bond donors (Lipinski definition) is 1. The highest BCUT2D eigenvalue weighted by Gasteiger charge is 2.41. The van der Waals surface area contributed by atoms with Crippen LogP contribution >= 0.6 is 22.9 Å². The fourth-order valence-corrected chi connectivity index (χ4v) is 5.72. The molecule has 1 aliphatic rings. The van der Waals surface area contributed by atoms with Crippen molar-refractivity contribution in [3.63, 3.8) is 0 Å². The molecule has 3 aromatic rings. The third-order valence-corrected chi connectivity index (χ3v) is 7.46. The highest BCUT2D eigenvalue weighted by atomic mass is 35.5. The molecule has 2 aromatic carbocycles. The number of ketones is 1. The minimum Gasteiger partial charge on any atom is -0.360 e. The average molecular weight is 445 g/mol. The molecule has 5 nitrogen and oxygen atoms in total. The van der Waals surface area contributed by atoms with E-state index in [2.05, 4.69) is 5.32 Å². The van der Waals surface area contributed by atoms with Crippen molar-refractivity contribution in [1.82, 2.24) is 0 Å². The number of benzene rings is 2. The Bertz CT molecular complexity index is 1210. The van der Waals surface area contributed by atoms with Crippen LogP contribution in [0.1, 0.15) is 20.8 Å². The van der Waals surface area contributed by atoms with Crippen LogP contribution in [0.3, 0.4) is 0 Å². The number of anilines is 2. The molecule has 0 radical (unpaired) electrons. The van der Waals surface area contributed by atoms with Gasteiger partial charge in [0, 0.05) is 16.9 Å². The summed E-state index contributed by atoms with van der Waals surface area (Å²) in [7, 11) is -4.03. The topological polar surface area (TPSA) is 66.5 Å². The second kappa shape index (κ2) is 7.67. The molecule has 148 valence electrons. The highest BCUT2D eigenvalue weighted by Crippen LogP contribution is 2.39. The average Bonchev–Trinajstić information content (AvgIpc) is 3.16. The van der Waals surface area contributed by atoms with Gasteiger partial charge in [0.1, 0.15) is 4.88 Å². The molecule has 1 aliphatic heterocycles. The standard InChI is InChI=1S/C21H17ClN2O3S2/c1-14-5-7-15(8-6-14)13-24-18-9-10-28-21(18)20(25)19(29(24,26)27)12-23-17-4-2-3-16(22)11-17/h2-12,23H,13H2,1H3. The minimum absolute atomic E-state index is 0.147. The summed E-state index contributed by atoms with van der Waals surface area (Å²) < 4.78 is 27.9. The molecule has 0 saturated carbocycles. The van der Waals surface area contributed by atoms with Gasteiger partial charge in [-0.3, -0.25) is 9.10 Å². The Morgan fingerprint density at radius 3 is 2.62 bits per heavy atom. The van der Waals surface area contributed by atoms with Crippen molar-refractivity contribution in [2.45, 2.75) is 13.5 Å². The summed E-state index contributed by atoms with van der Waals surface area (Å²) in [4.78, 5) is 13.0. The fraction of sp³-hybridized carbons (Fsp3) is 0.0952. The van der Waals surface area contributed by atoms with Crippen LogP contribution in [0, 0.1) is 6.92 Å². The lowest BCUT2D eigenvalue weighted by Crippen LogP contribution is -2.38. The number of nitrogens with one attached hydrogen (secondary N) is 1. The van der Waals surface area contributed by atoms with Crippen LogP contribution in [-0.4, -0.2) is 14.2 Å². The first-order chi connectivity index (χ1) is 13.9. The number of halogens is 1. The molecule has 0 aliphatic carbocycles. The van der Waals surface area contributed by atoms with E-state index in [9.17, 15) is 13.2 Å². The third kappa shape index (κ3) is 3.81. The maximum atomic E-state index is 13.3. The molecule has 0 amide bonds. The monoisotopic (exact) mass is 444 g/mol. The maximum Gasteiger partial charge on any atom is 0.270 e. The van der Waals surface area contributed by atoms with Crippen LogP contribution in [0.25, 0.3) is 0 Å². The Balaban J connectivity index is 1.74. The summed E-state index contributed by atoms with van der Waals surface area (Å²) in [6, 6.07) is 16.2. The molecule has 1 aromatic heterocycles. The molecule has 0 atom stereocenters. The molecule has 0 saturated heterocycles. The first-order valence-corrected chi connectivity index (χ1v) is 11.5. The van der Waals surface area contributed by atoms with Crippen LogP contribution < -0.4 is 9.62 Å². The fourth-order valence-electron chi connectivity index (χ4n) is 3.04. The Labute approximate surface area is 178 Å². The third-order valence-electron chi connectivity index (χ3n) is 4.55. The second-order valence-electron chi connectivity index (χ2n) is 6.62. The number of sulfonamides is 1. The van der Waals surface area contributed by atoms with Crippen molar-refractivity contribution in [1.29, 1.82) is 0 Å². The van der Waals surface area contributed by atoms with Crippen molar-refractivity contribution >= 4 is 50.1 Å². The smallest absolute Gasteiger partial charge is 0.270 e. The number of rotatable bonds is 4. The van der Waals surface area contributed by atoms with Crippen molar-refractivity contribution in [2.24, 2.45) is 0 Å². The minimum atomic E-state index is -4.03. The van der Waals surface area contributed by atoms with E-state index in [0.29, 0.717) is 21.3 Å². The molecule has 0 unspecified atom stereocenters. The van der Waals surface area contributed by atoms with Gasteiger partial charge in [-0.15, -0.1) is 11.3 Å². The van der Waals surface area contributed by atoms with E-state index in [4.69, 9.17) is 11.6 Å². The summed E-state index contributed by atoms with van der Waals surface area (Å²) in [5.74, 6) is -0.510. The molecule has 1 N–H and O–H groups in total. The number of carbonyl (C=O) groups is 1. The van der Waals surface area contributed by atoms with E-state index in [1.807, 2.05) is 31.2 Å². The molecule has 8 heteroatoms. The number of carbonyl (C=O) groups excluding carboxylic acids is 1. The van der Waals surface area contributed by atoms with Crippen LogP contribution in [0.2, 0.25) is 5.02 Å². The molecule has 0 bridgehead atoms. The van der Waals surface area contributed by atoms with Crippen LogP contribution in [0.15, 0.2) is 71.1 Å². The lowest BCUT2D eigenvalue weighted by atomic mass is 10.1.